The molecule has 4 heteroatoms. The van der Waals surface area contributed by atoms with Gasteiger partial charge in [-0.05, 0) is 37.6 Å². The number of phenolic OH excluding ortho intramolecular Hbond substituents is 1. The van der Waals surface area contributed by atoms with Crippen LogP contribution in [0.1, 0.15) is 35.3 Å². The lowest BCUT2D eigenvalue weighted by Gasteiger charge is -2.37. The van der Waals surface area contributed by atoms with Crippen LogP contribution in [0.5, 0.6) is 11.5 Å². The number of benzene rings is 2. The van der Waals surface area contributed by atoms with Gasteiger partial charge in [-0.15, -0.1) is 0 Å². The molecule has 4 nitrogen and oxygen atoms in total. The van der Waals surface area contributed by atoms with Crippen molar-refractivity contribution in [3.63, 3.8) is 0 Å². The Labute approximate surface area is 141 Å². The predicted octanol–water partition coefficient (Wildman–Crippen LogP) is 3.36. The first-order valence-corrected chi connectivity index (χ1v) is 7.88. The summed E-state index contributed by atoms with van der Waals surface area (Å²) in [5, 5.41) is 20.6. The van der Waals surface area contributed by atoms with E-state index in [0.29, 0.717) is 11.3 Å². The van der Waals surface area contributed by atoms with Crippen LogP contribution in [0.2, 0.25) is 0 Å². The Balaban J connectivity index is 1.89. The first-order chi connectivity index (χ1) is 11.4. The molecule has 24 heavy (non-hydrogen) atoms. The third-order valence-electron chi connectivity index (χ3n) is 4.30. The Morgan fingerprint density at radius 2 is 1.92 bits per heavy atom. The fourth-order valence-electron chi connectivity index (χ4n) is 2.73. The molecule has 0 saturated heterocycles. The molecule has 0 radical (unpaired) electrons. The number of rotatable bonds is 3. The van der Waals surface area contributed by atoms with Crippen molar-refractivity contribution in [2.75, 3.05) is 0 Å². The summed E-state index contributed by atoms with van der Waals surface area (Å²) in [6, 6.07) is 12.7. The van der Waals surface area contributed by atoms with E-state index in [9.17, 15) is 15.0 Å². The minimum atomic E-state index is -0.749. The van der Waals surface area contributed by atoms with E-state index >= 15 is 0 Å². The minimum Gasteiger partial charge on any atom is -0.507 e. The number of fused-ring (bicyclic) bond motifs is 1. The predicted molar refractivity (Wildman–Crippen MR) is 92.3 cm³/mol. The topological polar surface area (TPSA) is 66.8 Å². The van der Waals surface area contributed by atoms with E-state index in [2.05, 4.69) is 0 Å². The van der Waals surface area contributed by atoms with Crippen molar-refractivity contribution in [1.29, 1.82) is 0 Å². The maximum absolute atomic E-state index is 12.4. The van der Waals surface area contributed by atoms with E-state index in [0.717, 1.165) is 5.56 Å². The summed E-state index contributed by atoms with van der Waals surface area (Å²) in [6.07, 6.45) is 2.63. The molecule has 0 fully saturated rings. The second-order valence-corrected chi connectivity index (χ2v) is 6.47. The molecule has 0 bridgehead atoms. The van der Waals surface area contributed by atoms with Gasteiger partial charge in [0, 0.05) is 12.0 Å². The maximum Gasteiger partial charge on any atom is 0.189 e. The molecule has 1 heterocycles. The summed E-state index contributed by atoms with van der Waals surface area (Å²) in [7, 11) is 0. The molecule has 2 aromatic carbocycles. The van der Waals surface area contributed by atoms with Crippen LogP contribution < -0.4 is 4.74 Å². The molecular weight excluding hydrogens is 304 g/mol. The SMILES string of the molecule is CC1(C)Oc2ccc(C(=O)/C=C/c3ccccc3)c(O)c2CC1O. The van der Waals surface area contributed by atoms with Crippen LogP contribution in [0.25, 0.3) is 6.08 Å². The van der Waals surface area contributed by atoms with Crippen molar-refractivity contribution in [3.8, 4) is 11.5 Å². The van der Waals surface area contributed by atoms with Gasteiger partial charge < -0.3 is 14.9 Å². The Morgan fingerprint density at radius 3 is 2.62 bits per heavy atom. The number of aliphatic hydroxyl groups is 1. The number of hydrogen-bond donors (Lipinski definition) is 2. The van der Waals surface area contributed by atoms with Crippen molar-refractivity contribution >= 4 is 11.9 Å². The van der Waals surface area contributed by atoms with Gasteiger partial charge in [0.05, 0.1) is 11.7 Å². The zero-order chi connectivity index (χ0) is 17.3. The molecule has 1 aliphatic rings. The summed E-state index contributed by atoms with van der Waals surface area (Å²) in [6.45, 7) is 3.58. The van der Waals surface area contributed by atoms with Crippen LogP contribution in [0, 0.1) is 0 Å². The van der Waals surface area contributed by atoms with Crippen molar-refractivity contribution < 1.29 is 19.7 Å². The van der Waals surface area contributed by atoms with Gasteiger partial charge in [0.15, 0.2) is 5.78 Å². The van der Waals surface area contributed by atoms with E-state index in [-0.39, 0.29) is 23.5 Å². The normalized spacial score (nSPS) is 18.9. The van der Waals surface area contributed by atoms with Crippen LogP contribution >= 0.6 is 0 Å². The zero-order valence-electron chi connectivity index (χ0n) is 13.7. The van der Waals surface area contributed by atoms with E-state index in [1.54, 1.807) is 32.1 Å². The molecule has 2 N–H and O–H groups in total. The number of phenols is 1. The van der Waals surface area contributed by atoms with E-state index in [1.165, 1.54) is 6.08 Å². The standard InChI is InChI=1S/C20H20O4/c1-20(2)18(22)12-15-17(24-20)11-9-14(19(15)23)16(21)10-8-13-6-4-3-5-7-13/h3-11,18,22-23H,12H2,1-2H3/b10-8+. The van der Waals surface area contributed by atoms with Gasteiger partial charge in [0.25, 0.3) is 0 Å². The van der Waals surface area contributed by atoms with E-state index in [1.807, 2.05) is 30.3 Å². The fourth-order valence-corrected chi connectivity index (χ4v) is 2.73. The van der Waals surface area contributed by atoms with Crippen molar-refractivity contribution in [3.05, 3.63) is 65.2 Å². The smallest absolute Gasteiger partial charge is 0.189 e. The third kappa shape index (κ3) is 3.05. The lowest BCUT2D eigenvalue weighted by Crippen LogP contribution is -2.46. The maximum atomic E-state index is 12.4. The number of ether oxygens (including phenoxy) is 1. The molecule has 0 spiro atoms. The summed E-state index contributed by atoms with van der Waals surface area (Å²) >= 11 is 0. The number of hydrogen-bond acceptors (Lipinski definition) is 4. The third-order valence-corrected chi connectivity index (χ3v) is 4.30. The highest BCUT2D eigenvalue weighted by molar-refractivity contribution is 6.09. The first kappa shape index (κ1) is 16.3. The number of allylic oxidation sites excluding steroid dienone is 1. The Morgan fingerprint density at radius 1 is 1.21 bits per heavy atom. The van der Waals surface area contributed by atoms with Crippen molar-refractivity contribution in [1.82, 2.24) is 0 Å². The van der Waals surface area contributed by atoms with Gasteiger partial charge in [-0.1, -0.05) is 36.4 Å². The Bertz CT molecular complexity index is 791. The molecule has 3 rings (SSSR count). The van der Waals surface area contributed by atoms with E-state index < -0.39 is 11.7 Å². The number of ketones is 1. The number of aliphatic hydroxyl groups excluding tert-OH is 1. The average molecular weight is 324 g/mol. The van der Waals surface area contributed by atoms with Gasteiger partial charge in [0.1, 0.15) is 17.1 Å². The van der Waals surface area contributed by atoms with Gasteiger partial charge in [0.2, 0.25) is 0 Å². The highest BCUT2D eigenvalue weighted by Gasteiger charge is 2.37. The largest absolute Gasteiger partial charge is 0.507 e. The summed E-state index contributed by atoms with van der Waals surface area (Å²) < 4.78 is 5.74. The number of aromatic hydroxyl groups is 1. The highest BCUT2D eigenvalue weighted by Crippen LogP contribution is 2.40. The zero-order valence-corrected chi connectivity index (χ0v) is 13.7. The highest BCUT2D eigenvalue weighted by atomic mass is 16.5. The Kier molecular flexibility index (Phi) is 4.16. The lowest BCUT2D eigenvalue weighted by molar-refractivity contribution is -0.0417. The molecule has 1 aliphatic heterocycles. The quantitative estimate of drug-likeness (QED) is 0.671. The molecule has 1 atom stereocenters. The van der Waals surface area contributed by atoms with Crippen LogP contribution in [-0.4, -0.2) is 27.7 Å². The molecule has 0 aliphatic carbocycles. The Hall–Kier alpha value is -2.59. The molecular formula is C20H20O4. The molecule has 0 aromatic heterocycles. The molecule has 124 valence electrons. The molecule has 0 saturated carbocycles. The molecule has 0 amide bonds. The lowest BCUT2D eigenvalue weighted by atomic mass is 9.89. The molecule has 2 aromatic rings. The van der Waals surface area contributed by atoms with Gasteiger partial charge in [-0.2, -0.15) is 0 Å². The molecule has 1 unspecified atom stereocenters. The van der Waals surface area contributed by atoms with Crippen molar-refractivity contribution in [2.45, 2.75) is 32.0 Å². The van der Waals surface area contributed by atoms with Crippen LogP contribution in [0.3, 0.4) is 0 Å². The number of carbonyl (C=O) groups is 1. The summed E-state index contributed by atoms with van der Waals surface area (Å²) in [4.78, 5) is 12.4. The second-order valence-electron chi connectivity index (χ2n) is 6.47. The van der Waals surface area contributed by atoms with Crippen LogP contribution in [0.4, 0.5) is 0 Å². The first-order valence-electron chi connectivity index (χ1n) is 7.88. The van der Waals surface area contributed by atoms with Gasteiger partial charge in [-0.3, -0.25) is 4.79 Å². The number of carbonyl (C=O) groups excluding carboxylic acids is 1. The van der Waals surface area contributed by atoms with E-state index in [4.69, 9.17) is 4.74 Å². The van der Waals surface area contributed by atoms with Gasteiger partial charge >= 0.3 is 0 Å². The monoisotopic (exact) mass is 324 g/mol. The fraction of sp³-hybridized carbons (Fsp3) is 0.250. The average Bonchev–Trinajstić information content (AvgIpc) is 2.55. The summed E-state index contributed by atoms with van der Waals surface area (Å²) in [5.74, 6) is 0.0922. The van der Waals surface area contributed by atoms with Crippen LogP contribution in [0.15, 0.2) is 48.5 Å². The summed E-state index contributed by atoms with van der Waals surface area (Å²) in [5.41, 5.74) is 0.860. The van der Waals surface area contributed by atoms with Crippen molar-refractivity contribution in [2.24, 2.45) is 0 Å². The second kappa shape index (κ2) is 6.13. The van der Waals surface area contributed by atoms with Crippen LogP contribution in [-0.2, 0) is 6.42 Å². The van der Waals surface area contributed by atoms with Gasteiger partial charge in [-0.25, -0.2) is 0 Å². The minimum absolute atomic E-state index is 0.121.